The van der Waals surface area contributed by atoms with Crippen molar-refractivity contribution in [2.24, 2.45) is 5.18 Å². The van der Waals surface area contributed by atoms with Crippen LogP contribution in [0.3, 0.4) is 0 Å². The van der Waals surface area contributed by atoms with Gasteiger partial charge in [0.1, 0.15) is 5.69 Å². The predicted octanol–water partition coefficient (Wildman–Crippen LogP) is 7.45. The molecule has 1 aromatic rings. The first-order valence-electron chi connectivity index (χ1n) is 12.7. The topological polar surface area (TPSA) is 82.0 Å². The number of unbranched alkanes of at least 4 members (excludes halogenated alkanes) is 7. The SMILES string of the molecule is CC(C)(C)c1cc(CCC(=O)OCCCCCCCCCCOC=O)cc(C(C)(C)C)c1N=O. The van der Waals surface area contributed by atoms with Gasteiger partial charge in [-0.25, -0.2) is 0 Å². The maximum Gasteiger partial charge on any atom is 0.306 e. The number of aryl methyl sites for hydroxylation is 1. The van der Waals surface area contributed by atoms with Crippen LogP contribution in [0.25, 0.3) is 0 Å². The largest absolute Gasteiger partial charge is 0.468 e. The van der Waals surface area contributed by atoms with Gasteiger partial charge in [0.15, 0.2) is 0 Å². The van der Waals surface area contributed by atoms with Crippen molar-refractivity contribution < 1.29 is 19.1 Å². The molecule has 0 aliphatic heterocycles. The second kappa shape index (κ2) is 14.9. The molecule has 192 valence electrons. The number of hydrogen-bond acceptors (Lipinski definition) is 6. The molecular formula is C28H45NO5. The van der Waals surface area contributed by atoms with E-state index >= 15 is 0 Å². The Morgan fingerprint density at radius 2 is 1.29 bits per heavy atom. The van der Waals surface area contributed by atoms with Crippen LogP contribution in [0, 0.1) is 4.91 Å². The summed E-state index contributed by atoms with van der Waals surface area (Å²) in [5, 5.41) is 3.38. The van der Waals surface area contributed by atoms with Crippen LogP contribution in [0.4, 0.5) is 5.69 Å². The van der Waals surface area contributed by atoms with Crippen molar-refractivity contribution in [3.63, 3.8) is 0 Å². The van der Waals surface area contributed by atoms with Crippen molar-refractivity contribution in [1.82, 2.24) is 0 Å². The molecule has 1 rings (SSSR count). The monoisotopic (exact) mass is 475 g/mol. The number of esters is 1. The molecule has 0 aliphatic rings. The first kappa shape index (κ1) is 29.8. The third-order valence-electron chi connectivity index (χ3n) is 5.98. The van der Waals surface area contributed by atoms with Crippen molar-refractivity contribution >= 4 is 18.1 Å². The highest BCUT2D eigenvalue weighted by atomic mass is 16.5. The van der Waals surface area contributed by atoms with Crippen LogP contribution in [0.1, 0.15) is 116 Å². The molecule has 0 N–H and O–H groups in total. The highest BCUT2D eigenvalue weighted by Crippen LogP contribution is 2.40. The normalized spacial score (nSPS) is 11.8. The third kappa shape index (κ3) is 11.3. The number of benzene rings is 1. The molecule has 0 aromatic heterocycles. The van der Waals surface area contributed by atoms with E-state index in [1.54, 1.807) is 0 Å². The lowest BCUT2D eigenvalue weighted by molar-refractivity contribution is -0.143. The molecule has 0 unspecified atom stereocenters. The van der Waals surface area contributed by atoms with Gasteiger partial charge in [0.25, 0.3) is 6.47 Å². The highest BCUT2D eigenvalue weighted by Gasteiger charge is 2.27. The Hall–Kier alpha value is -2.24. The Morgan fingerprint density at radius 1 is 0.824 bits per heavy atom. The molecule has 0 saturated carbocycles. The van der Waals surface area contributed by atoms with Crippen molar-refractivity contribution in [3.8, 4) is 0 Å². The molecule has 0 spiro atoms. The van der Waals surface area contributed by atoms with Crippen molar-refractivity contribution in [1.29, 1.82) is 0 Å². The highest BCUT2D eigenvalue weighted by molar-refractivity contribution is 5.70. The van der Waals surface area contributed by atoms with E-state index in [1.165, 1.54) is 12.8 Å². The molecule has 1 aromatic carbocycles. The number of nitrogens with zero attached hydrogens (tertiary/aromatic N) is 1. The Morgan fingerprint density at radius 3 is 1.74 bits per heavy atom. The summed E-state index contributed by atoms with van der Waals surface area (Å²) >= 11 is 0. The second-order valence-electron chi connectivity index (χ2n) is 11.1. The predicted molar refractivity (Wildman–Crippen MR) is 138 cm³/mol. The zero-order chi connectivity index (χ0) is 25.6. The molecule has 0 atom stereocenters. The summed E-state index contributed by atoms with van der Waals surface area (Å²) in [5.41, 5.74) is 2.98. The summed E-state index contributed by atoms with van der Waals surface area (Å²) in [6.45, 7) is 13.9. The van der Waals surface area contributed by atoms with E-state index in [0.717, 1.165) is 55.2 Å². The molecule has 0 saturated heterocycles. The smallest absolute Gasteiger partial charge is 0.306 e. The minimum absolute atomic E-state index is 0.176. The van der Waals surface area contributed by atoms with Gasteiger partial charge in [-0.3, -0.25) is 9.59 Å². The average molecular weight is 476 g/mol. The summed E-state index contributed by atoms with van der Waals surface area (Å²) < 4.78 is 10.1. The molecule has 0 fully saturated rings. The van der Waals surface area contributed by atoms with E-state index in [1.807, 2.05) is 12.1 Å². The van der Waals surface area contributed by atoms with E-state index in [4.69, 9.17) is 4.74 Å². The summed E-state index contributed by atoms with van der Waals surface area (Å²) in [7, 11) is 0. The minimum atomic E-state index is -0.218. The average Bonchev–Trinajstić information content (AvgIpc) is 2.76. The van der Waals surface area contributed by atoms with Gasteiger partial charge in [-0.15, -0.1) is 4.91 Å². The maximum absolute atomic E-state index is 12.3. The fourth-order valence-electron chi connectivity index (χ4n) is 3.98. The van der Waals surface area contributed by atoms with Crippen LogP contribution in [0.5, 0.6) is 0 Å². The Balaban J connectivity index is 2.41. The number of ether oxygens (including phenoxy) is 2. The van der Waals surface area contributed by atoms with E-state index in [9.17, 15) is 14.5 Å². The fraction of sp³-hybridized carbons (Fsp3) is 0.714. The Labute approximate surface area is 206 Å². The van der Waals surface area contributed by atoms with Crippen LogP contribution >= 0.6 is 0 Å². The molecular weight excluding hydrogens is 430 g/mol. The van der Waals surface area contributed by atoms with Gasteiger partial charge in [0.2, 0.25) is 0 Å². The van der Waals surface area contributed by atoms with Crippen LogP contribution in [-0.4, -0.2) is 25.7 Å². The van der Waals surface area contributed by atoms with Crippen LogP contribution in [0.15, 0.2) is 17.3 Å². The first-order chi connectivity index (χ1) is 16.0. The van der Waals surface area contributed by atoms with Crippen LogP contribution in [-0.2, 0) is 36.3 Å². The van der Waals surface area contributed by atoms with Gasteiger partial charge in [-0.05, 0) is 52.0 Å². The van der Waals surface area contributed by atoms with E-state index < -0.39 is 0 Å². The van der Waals surface area contributed by atoms with E-state index in [0.29, 0.717) is 38.2 Å². The maximum atomic E-state index is 12.3. The molecule has 0 radical (unpaired) electrons. The van der Waals surface area contributed by atoms with E-state index in [2.05, 4.69) is 51.5 Å². The number of nitroso groups, excluding NO2 is 1. The number of carbonyl (C=O) groups excluding carboxylic acids is 2. The van der Waals surface area contributed by atoms with Gasteiger partial charge < -0.3 is 9.47 Å². The molecule has 6 heteroatoms. The lowest BCUT2D eigenvalue weighted by Gasteiger charge is -2.28. The molecule has 34 heavy (non-hydrogen) atoms. The molecule has 0 amide bonds. The molecule has 0 heterocycles. The summed E-state index contributed by atoms with van der Waals surface area (Å²) in [6, 6.07) is 4.04. The molecule has 0 bridgehead atoms. The first-order valence-corrected chi connectivity index (χ1v) is 12.7. The molecule has 6 nitrogen and oxygen atoms in total. The summed E-state index contributed by atoms with van der Waals surface area (Å²) in [6.07, 6.45) is 9.56. The minimum Gasteiger partial charge on any atom is -0.468 e. The summed E-state index contributed by atoms with van der Waals surface area (Å²) in [4.78, 5) is 34.0. The van der Waals surface area contributed by atoms with E-state index in [-0.39, 0.29) is 16.8 Å². The van der Waals surface area contributed by atoms with Gasteiger partial charge in [0.05, 0.1) is 13.2 Å². The number of carbonyl (C=O) groups is 2. The zero-order valence-electron chi connectivity index (χ0n) is 22.2. The quantitative estimate of drug-likeness (QED) is 0.107. The van der Waals surface area contributed by atoms with Crippen molar-refractivity contribution in [2.75, 3.05) is 13.2 Å². The Kier molecular flexibility index (Phi) is 13.1. The van der Waals surface area contributed by atoms with Crippen LogP contribution < -0.4 is 0 Å². The van der Waals surface area contributed by atoms with Gasteiger partial charge >= 0.3 is 5.97 Å². The number of hydrogen-bond donors (Lipinski definition) is 0. The molecule has 0 aliphatic carbocycles. The lowest BCUT2D eigenvalue weighted by atomic mass is 9.77. The van der Waals surface area contributed by atoms with Crippen molar-refractivity contribution in [3.05, 3.63) is 33.7 Å². The van der Waals surface area contributed by atoms with Crippen molar-refractivity contribution in [2.45, 2.75) is 117 Å². The number of rotatable bonds is 16. The van der Waals surface area contributed by atoms with Gasteiger partial charge in [-0.1, -0.05) is 92.2 Å². The third-order valence-corrected chi connectivity index (χ3v) is 5.98. The summed E-state index contributed by atoms with van der Waals surface area (Å²) in [5.74, 6) is -0.176. The lowest BCUT2D eigenvalue weighted by Crippen LogP contribution is -2.18. The van der Waals surface area contributed by atoms with Gasteiger partial charge in [-0.2, -0.15) is 0 Å². The standard InChI is InChI=1S/C28H45NO5/c1-27(2,3)23-19-22(20-24(26(23)29-32)28(4,5)6)15-16-25(31)34-18-14-12-10-8-7-9-11-13-17-33-21-30/h19-21H,7-18H2,1-6H3. The van der Waals surface area contributed by atoms with Gasteiger partial charge in [0, 0.05) is 6.42 Å². The second-order valence-corrected chi connectivity index (χ2v) is 11.1. The zero-order valence-corrected chi connectivity index (χ0v) is 22.2. The Bertz CT molecular complexity index is 739. The van der Waals surface area contributed by atoms with Crippen LogP contribution in [0.2, 0.25) is 0 Å². The fourth-order valence-corrected chi connectivity index (χ4v) is 3.98.